The average molecular weight is 384 g/mol. The normalized spacial score (nSPS) is 22.6. The first kappa shape index (κ1) is 18.6. The summed E-state index contributed by atoms with van der Waals surface area (Å²) in [6, 6.07) is 3.90. The zero-order chi connectivity index (χ0) is 19.6. The van der Waals surface area contributed by atoms with Gasteiger partial charge in [0, 0.05) is 57.5 Å². The number of carbonyl (C=O) groups excluding carboxylic acids is 1. The lowest BCUT2D eigenvalue weighted by Gasteiger charge is -2.48. The number of nitrogens with one attached hydrogen (secondary N) is 1. The minimum Gasteiger partial charge on any atom is -0.371 e. The molecular weight excluding hydrogens is 359 g/mol. The molecule has 148 valence electrons. The number of anilines is 2. The number of hydrogen-bond acceptors (Lipinski definition) is 6. The molecule has 0 aliphatic carbocycles. The zero-order valence-electron chi connectivity index (χ0n) is 16.1. The van der Waals surface area contributed by atoms with Gasteiger partial charge in [0.05, 0.1) is 6.20 Å². The Morgan fingerprint density at radius 1 is 1.25 bits per heavy atom. The van der Waals surface area contributed by atoms with Crippen LogP contribution in [0.1, 0.15) is 31.2 Å². The molecule has 2 aromatic rings. The monoisotopic (exact) mass is 384 g/mol. The third-order valence-corrected chi connectivity index (χ3v) is 5.78. The number of likely N-dealkylation sites (tertiary alicyclic amines) is 1. The van der Waals surface area contributed by atoms with Gasteiger partial charge >= 0.3 is 0 Å². The number of hydrogen-bond donors (Lipinski definition) is 1. The van der Waals surface area contributed by atoms with Gasteiger partial charge in [-0.3, -0.25) is 9.78 Å². The fraction of sp³-hybridized carbons (Fsp3) is 0.500. The van der Waals surface area contributed by atoms with Crippen LogP contribution < -0.4 is 10.2 Å². The molecule has 0 bridgehead atoms. The summed E-state index contributed by atoms with van der Waals surface area (Å²) in [6.07, 6.45) is 8.24. The van der Waals surface area contributed by atoms with Crippen molar-refractivity contribution < 1.29 is 9.18 Å². The van der Waals surface area contributed by atoms with Crippen molar-refractivity contribution >= 4 is 17.7 Å². The molecule has 7 nitrogen and oxygen atoms in total. The minimum atomic E-state index is -0.454. The molecule has 4 heterocycles. The summed E-state index contributed by atoms with van der Waals surface area (Å²) in [7, 11) is 1.65. The highest BCUT2D eigenvalue weighted by atomic mass is 19.1. The molecule has 4 rings (SSSR count). The summed E-state index contributed by atoms with van der Waals surface area (Å²) in [5, 5.41) is 2.78. The van der Waals surface area contributed by atoms with Crippen LogP contribution in [0.3, 0.4) is 0 Å². The van der Waals surface area contributed by atoms with E-state index in [1.807, 2.05) is 17.0 Å². The summed E-state index contributed by atoms with van der Waals surface area (Å²) in [4.78, 5) is 29.2. The molecule has 2 aliphatic rings. The number of pyridine rings is 1. The Bertz CT molecular complexity index is 848. The van der Waals surface area contributed by atoms with Crippen molar-refractivity contribution in [3.63, 3.8) is 0 Å². The van der Waals surface area contributed by atoms with E-state index >= 15 is 0 Å². The van der Waals surface area contributed by atoms with E-state index in [2.05, 4.69) is 25.2 Å². The van der Waals surface area contributed by atoms with Crippen molar-refractivity contribution in [3.05, 3.63) is 42.1 Å². The van der Waals surface area contributed by atoms with Crippen molar-refractivity contribution in [2.45, 2.75) is 32.2 Å². The topological polar surface area (TPSA) is 74.2 Å². The lowest BCUT2D eigenvalue weighted by Crippen LogP contribution is -2.54. The molecule has 2 aromatic heterocycles. The van der Waals surface area contributed by atoms with Gasteiger partial charge in [-0.15, -0.1) is 0 Å². The van der Waals surface area contributed by atoms with E-state index < -0.39 is 5.82 Å². The number of rotatable bonds is 4. The van der Waals surface area contributed by atoms with E-state index in [1.54, 1.807) is 19.4 Å². The highest BCUT2D eigenvalue weighted by Gasteiger charge is 2.42. The number of carbonyl (C=O) groups is 1. The fourth-order valence-corrected chi connectivity index (χ4v) is 4.35. The largest absolute Gasteiger partial charge is 0.371 e. The van der Waals surface area contributed by atoms with Crippen LogP contribution in [0.5, 0.6) is 0 Å². The summed E-state index contributed by atoms with van der Waals surface area (Å²) < 4.78 is 13.7. The highest BCUT2D eigenvalue weighted by molar-refractivity contribution is 5.77. The minimum absolute atomic E-state index is 0.0245. The van der Waals surface area contributed by atoms with Crippen LogP contribution in [0.2, 0.25) is 0 Å². The molecule has 0 saturated carbocycles. The maximum absolute atomic E-state index is 13.7. The predicted molar refractivity (Wildman–Crippen MR) is 104 cm³/mol. The lowest BCUT2D eigenvalue weighted by molar-refractivity contribution is -0.138. The highest BCUT2D eigenvalue weighted by Crippen LogP contribution is 2.40. The van der Waals surface area contributed by atoms with E-state index in [9.17, 15) is 9.18 Å². The van der Waals surface area contributed by atoms with E-state index in [0.717, 1.165) is 44.5 Å². The molecule has 28 heavy (non-hydrogen) atoms. The average Bonchev–Trinajstić information content (AvgIpc) is 2.72. The number of halogens is 1. The summed E-state index contributed by atoms with van der Waals surface area (Å²) in [5.74, 6) is 0.505. The number of nitrogens with zero attached hydrogens (tertiary/aromatic N) is 5. The smallest absolute Gasteiger partial charge is 0.227 e. The molecule has 1 atom stereocenters. The standard InChI is InChI=1S/C20H25FN6O/c1-22-18-16(21)11-24-19(25-18)26-10-2-6-20(13-26)7-3-17(28)27(14-20)12-15-4-8-23-9-5-15/h4-5,8-9,11H,2-3,6-7,10,12-14H2,1H3,(H,22,24,25)/t20-/m0/s1. The van der Waals surface area contributed by atoms with Gasteiger partial charge < -0.3 is 15.1 Å². The van der Waals surface area contributed by atoms with Crippen LogP contribution in [-0.2, 0) is 11.3 Å². The molecule has 0 radical (unpaired) electrons. The van der Waals surface area contributed by atoms with Crippen molar-refractivity contribution in [2.75, 3.05) is 36.9 Å². The Morgan fingerprint density at radius 3 is 2.86 bits per heavy atom. The lowest BCUT2D eigenvalue weighted by atomic mass is 9.73. The van der Waals surface area contributed by atoms with Crippen LogP contribution in [0.4, 0.5) is 16.2 Å². The Labute approximate surface area is 164 Å². The number of piperidine rings is 2. The van der Waals surface area contributed by atoms with Gasteiger partial charge in [0.15, 0.2) is 11.6 Å². The summed E-state index contributed by atoms with van der Waals surface area (Å²) >= 11 is 0. The number of aromatic nitrogens is 3. The van der Waals surface area contributed by atoms with Gasteiger partial charge in [-0.2, -0.15) is 4.98 Å². The molecule has 2 aliphatic heterocycles. The second-order valence-electron chi connectivity index (χ2n) is 7.75. The van der Waals surface area contributed by atoms with Crippen LogP contribution >= 0.6 is 0 Å². The Morgan fingerprint density at radius 2 is 2.07 bits per heavy atom. The van der Waals surface area contributed by atoms with Gasteiger partial charge in [-0.05, 0) is 37.0 Å². The van der Waals surface area contributed by atoms with Crippen LogP contribution in [0, 0.1) is 11.2 Å². The SMILES string of the molecule is CNc1nc(N2CCC[C@]3(CCC(=O)N(Cc4ccncc4)C3)C2)ncc1F. The van der Waals surface area contributed by atoms with E-state index in [4.69, 9.17) is 0 Å². The van der Waals surface area contributed by atoms with Crippen LogP contribution in [-0.4, -0.2) is 52.4 Å². The molecular formula is C20H25FN6O. The van der Waals surface area contributed by atoms with E-state index in [1.165, 1.54) is 6.20 Å². The van der Waals surface area contributed by atoms with Crippen LogP contribution in [0.15, 0.2) is 30.7 Å². The molecule has 1 N–H and O–H groups in total. The Balaban J connectivity index is 1.51. The summed E-state index contributed by atoms with van der Waals surface area (Å²) in [5.41, 5.74) is 1.12. The maximum atomic E-state index is 13.7. The van der Waals surface area contributed by atoms with Gasteiger partial charge in [-0.1, -0.05) is 0 Å². The fourth-order valence-electron chi connectivity index (χ4n) is 4.35. The third kappa shape index (κ3) is 3.76. The van der Waals surface area contributed by atoms with Crippen LogP contribution in [0.25, 0.3) is 0 Å². The molecule has 1 amide bonds. The zero-order valence-corrected chi connectivity index (χ0v) is 16.1. The molecule has 0 unspecified atom stereocenters. The van der Waals surface area contributed by atoms with Crippen molar-refractivity contribution in [1.82, 2.24) is 19.9 Å². The van der Waals surface area contributed by atoms with Gasteiger partial charge in [0.25, 0.3) is 0 Å². The van der Waals surface area contributed by atoms with E-state index in [-0.39, 0.29) is 17.1 Å². The Hall–Kier alpha value is -2.77. The Kier molecular flexibility index (Phi) is 5.11. The quantitative estimate of drug-likeness (QED) is 0.873. The van der Waals surface area contributed by atoms with Crippen molar-refractivity contribution in [3.8, 4) is 0 Å². The van der Waals surface area contributed by atoms with E-state index in [0.29, 0.717) is 18.9 Å². The van der Waals surface area contributed by atoms with Crippen molar-refractivity contribution in [2.24, 2.45) is 5.41 Å². The first-order valence-corrected chi connectivity index (χ1v) is 9.70. The number of amides is 1. The van der Waals surface area contributed by atoms with Gasteiger partial charge in [0.2, 0.25) is 11.9 Å². The second kappa shape index (κ2) is 7.69. The molecule has 2 fully saturated rings. The maximum Gasteiger partial charge on any atom is 0.227 e. The molecule has 2 saturated heterocycles. The second-order valence-corrected chi connectivity index (χ2v) is 7.75. The van der Waals surface area contributed by atoms with Gasteiger partial charge in [0.1, 0.15) is 0 Å². The summed E-state index contributed by atoms with van der Waals surface area (Å²) in [6.45, 7) is 2.96. The first-order valence-electron chi connectivity index (χ1n) is 9.70. The molecule has 8 heteroatoms. The van der Waals surface area contributed by atoms with Gasteiger partial charge in [-0.25, -0.2) is 9.37 Å². The predicted octanol–water partition coefficient (Wildman–Crippen LogP) is 2.46. The molecule has 0 aromatic carbocycles. The first-order chi connectivity index (χ1) is 13.6. The van der Waals surface area contributed by atoms with Crippen molar-refractivity contribution in [1.29, 1.82) is 0 Å². The third-order valence-electron chi connectivity index (χ3n) is 5.78. The molecule has 1 spiro atoms.